The Morgan fingerprint density at radius 1 is 1.16 bits per heavy atom. The summed E-state index contributed by atoms with van der Waals surface area (Å²) in [4.78, 5) is 4.34. The number of hydrogen-bond acceptors (Lipinski definition) is 4. The molecule has 25 heavy (non-hydrogen) atoms. The Morgan fingerprint density at radius 3 is 2.64 bits per heavy atom. The Bertz CT molecular complexity index is 942. The van der Waals surface area contributed by atoms with Crippen LogP contribution in [0.3, 0.4) is 0 Å². The number of sulfonamides is 1. The van der Waals surface area contributed by atoms with Gasteiger partial charge in [-0.25, -0.2) is 12.8 Å². The van der Waals surface area contributed by atoms with Gasteiger partial charge in [-0.1, -0.05) is 6.07 Å². The number of hydrogen-bond donors (Lipinski definition) is 0. The highest BCUT2D eigenvalue weighted by Gasteiger charge is 2.27. The highest BCUT2D eigenvalue weighted by Crippen LogP contribution is 2.24. The Balaban J connectivity index is 1.99. The van der Waals surface area contributed by atoms with Gasteiger partial charge in [0.2, 0.25) is 10.0 Å². The van der Waals surface area contributed by atoms with E-state index in [1.165, 1.54) is 33.8 Å². The van der Waals surface area contributed by atoms with E-state index in [4.69, 9.17) is 0 Å². The van der Waals surface area contributed by atoms with Crippen LogP contribution >= 0.6 is 11.3 Å². The number of halogens is 1. The lowest BCUT2D eigenvalue weighted by Crippen LogP contribution is -2.31. The SMILES string of the molecule is Cc1cc(F)ccc1S(=O)(=O)N(Cc1ccsc1)Cc1ccccn1. The predicted octanol–water partition coefficient (Wildman–Crippen LogP) is 3.98. The lowest BCUT2D eigenvalue weighted by atomic mass is 10.2. The van der Waals surface area contributed by atoms with Crippen molar-refractivity contribution >= 4 is 21.4 Å². The molecule has 0 aliphatic carbocycles. The molecule has 0 bridgehead atoms. The lowest BCUT2D eigenvalue weighted by molar-refractivity contribution is 0.397. The van der Waals surface area contributed by atoms with Crippen LogP contribution in [0, 0.1) is 12.7 Å². The fraction of sp³-hybridized carbons (Fsp3) is 0.167. The zero-order valence-corrected chi connectivity index (χ0v) is 15.2. The molecule has 0 spiro atoms. The van der Waals surface area contributed by atoms with Gasteiger partial charge in [0.05, 0.1) is 17.1 Å². The largest absolute Gasteiger partial charge is 0.260 e. The Hall–Kier alpha value is -2.09. The maximum Gasteiger partial charge on any atom is 0.244 e. The van der Waals surface area contributed by atoms with E-state index in [0.717, 1.165) is 5.56 Å². The first-order chi connectivity index (χ1) is 12.0. The minimum atomic E-state index is -3.79. The van der Waals surface area contributed by atoms with E-state index in [2.05, 4.69) is 4.98 Å². The van der Waals surface area contributed by atoms with Crippen LogP contribution < -0.4 is 0 Å². The molecule has 0 amide bonds. The van der Waals surface area contributed by atoms with E-state index >= 15 is 0 Å². The van der Waals surface area contributed by atoms with Crippen LogP contribution in [0.2, 0.25) is 0 Å². The molecule has 3 aromatic rings. The van der Waals surface area contributed by atoms with Gasteiger partial charge in [0.25, 0.3) is 0 Å². The van der Waals surface area contributed by atoms with Crippen LogP contribution in [0.25, 0.3) is 0 Å². The third-order valence-corrected chi connectivity index (χ3v) is 6.44. The van der Waals surface area contributed by atoms with Crippen LogP contribution in [0.15, 0.2) is 64.3 Å². The smallest absolute Gasteiger partial charge is 0.244 e. The van der Waals surface area contributed by atoms with Gasteiger partial charge in [0.15, 0.2) is 0 Å². The molecule has 0 saturated heterocycles. The van der Waals surface area contributed by atoms with Gasteiger partial charge in [-0.2, -0.15) is 15.6 Å². The summed E-state index contributed by atoms with van der Waals surface area (Å²) in [5.74, 6) is -0.453. The van der Waals surface area contributed by atoms with E-state index < -0.39 is 15.8 Å². The second-order valence-electron chi connectivity index (χ2n) is 5.64. The van der Waals surface area contributed by atoms with Crippen molar-refractivity contribution in [2.24, 2.45) is 0 Å². The van der Waals surface area contributed by atoms with Crippen molar-refractivity contribution in [3.63, 3.8) is 0 Å². The molecule has 130 valence electrons. The quantitative estimate of drug-likeness (QED) is 0.654. The van der Waals surface area contributed by atoms with Crippen LogP contribution in [0.1, 0.15) is 16.8 Å². The first-order valence-electron chi connectivity index (χ1n) is 7.64. The summed E-state index contributed by atoms with van der Waals surface area (Å²) in [5, 5.41) is 3.82. The molecule has 0 saturated carbocycles. The number of aromatic nitrogens is 1. The molecule has 0 radical (unpaired) electrons. The Kier molecular flexibility index (Phi) is 5.27. The zero-order chi connectivity index (χ0) is 17.9. The van der Waals surface area contributed by atoms with Crippen molar-refractivity contribution in [3.05, 3.63) is 82.1 Å². The molecule has 1 aromatic carbocycles. The van der Waals surface area contributed by atoms with E-state index in [1.54, 1.807) is 25.3 Å². The average Bonchev–Trinajstić information content (AvgIpc) is 3.08. The van der Waals surface area contributed by atoms with Gasteiger partial charge in [-0.3, -0.25) is 4.98 Å². The summed E-state index contributed by atoms with van der Waals surface area (Å²) < 4.78 is 41.1. The van der Waals surface area contributed by atoms with Crippen LogP contribution in [0.4, 0.5) is 4.39 Å². The number of nitrogens with zero attached hydrogens (tertiary/aromatic N) is 2. The molecule has 0 fully saturated rings. The number of rotatable bonds is 6. The van der Waals surface area contributed by atoms with Crippen LogP contribution in [0.5, 0.6) is 0 Å². The van der Waals surface area contributed by atoms with E-state index in [0.29, 0.717) is 11.3 Å². The first kappa shape index (κ1) is 17.7. The summed E-state index contributed by atoms with van der Waals surface area (Å²) in [6.07, 6.45) is 1.63. The molecule has 2 aromatic heterocycles. The molecular weight excluding hydrogens is 359 g/mol. The van der Waals surface area contributed by atoms with Crippen molar-refractivity contribution < 1.29 is 12.8 Å². The van der Waals surface area contributed by atoms with E-state index in [9.17, 15) is 12.8 Å². The second kappa shape index (κ2) is 7.43. The lowest BCUT2D eigenvalue weighted by Gasteiger charge is -2.22. The Labute approximate surface area is 150 Å². The minimum Gasteiger partial charge on any atom is -0.260 e. The maximum absolute atomic E-state index is 13.4. The number of thiophene rings is 1. The number of aryl methyl sites for hydroxylation is 1. The summed E-state index contributed by atoms with van der Waals surface area (Å²) in [6, 6.07) is 11.0. The standard InChI is InChI=1S/C18H17FN2O2S2/c1-14-10-16(19)5-6-18(14)25(22,23)21(11-15-7-9-24-13-15)12-17-4-2-3-8-20-17/h2-10,13H,11-12H2,1H3. The molecule has 3 rings (SSSR count). The minimum absolute atomic E-state index is 0.111. The fourth-order valence-corrected chi connectivity index (χ4v) is 4.79. The normalized spacial score (nSPS) is 11.8. The van der Waals surface area contributed by atoms with Gasteiger partial charge in [0.1, 0.15) is 5.82 Å². The molecule has 0 N–H and O–H groups in total. The summed E-state index contributed by atoms with van der Waals surface area (Å²) in [6.45, 7) is 1.98. The highest BCUT2D eigenvalue weighted by atomic mass is 32.2. The van der Waals surface area contributed by atoms with Crippen molar-refractivity contribution in [2.75, 3.05) is 0 Å². The van der Waals surface area contributed by atoms with Gasteiger partial charge in [-0.15, -0.1) is 0 Å². The predicted molar refractivity (Wildman–Crippen MR) is 96.1 cm³/mol. The van der Waals surface area contributed by atoms with E-state index in [-0.39, 0.29) is 18.0 Å². The molecule has 0 aliphatic rings. The van der Waals surface area contributed by atoms with Crippen molar-refractivity contribution in [3.8, 4) is 0 Å². The summed E-state index contributed by atoms with van der Waals surface area (Å²) >= 11 is 1.51. The second-order valence-corrected chi connectivity index (χ2v) is 8.32. The highest BCUT2D eigenvalue weighted by molar-refractivity contribution is 7.89. The van der Waals surface area contributed by atoms with Crippen molar-refractivity contribution in [1.29, 1.82) is 0 Å². The molecule has 7 heteroatoms. The average molecular weight is 376 g/mol. The van der Waals surface area contributed by atoms with Crippen LogP contribution in [-0.4, -0.2) is 17.7 Å². The summed E-state index contributed by atoms with van der Waals surface area (Å²) in [7, 11) is -3.79. The topological polar surface area (TPSA) is 50.3 Å². The first-order valence-corrected chi connectivity index (χ1v) is 10.0. The van der Waals surface area contributed by atoms with Crippen molar-refractivity contribution in [2.45, 2.75) is 24.9 Å². The molecule has 0 aliphatic heterocycles. The molecule has 2 heterocycles. The van der Waals surface area contributed by atoms with Gasteiger partial charge < -0.3 is 0 Å². The zero-order valence-electron chi connectivity index (χ0n) is 13.6. The molecule has 4 nitrogen and oxygen atoms in total. The maximum atomic E-state index is 13.4. The van der Waals surface area contributed by atoms with Gasteiger partial charge in [-0.05, 0) is 65.2 Å². The van der Waals surface area contributed by atoms with Gasteiger partial charge >= 0.3 is 0 Å². The third kappa shape index (κ3) is 4.12. The third-order valence-electron chi connectivity index (χ3n) is 3.76. The fourth-order valence-electron chi connectivity index (χ4n) is 2.53. The molecule has 0 unspecified atom stereocenters. The molecular formula is C18H17FN2O2S2. The Morgan fingerprint density at radius 2 is 2.00 bits per heavy atom. The number of benzene rings is 1. The van der Waals surface area contributed by atoms with E-state index in [1.807, 2.05) is 22.9 Å². The summed E-state index contributed by atoms with van der Waals surface area (Å²) in [5.41, 5.74) is 1.95. The monoisotopic (exact) mass is 376 g/mol. The van der Waals surface area contributed by atoms with Gasteiger partial charge in [0, 0.05) is 12.7 Å². The number of pyridine rings is 1. The van der Waals surface area contributed by atoms with Crippen LogP contribution in [-0.2, 0) is 23.1 Å². The van der Waals surface area contributed by atoms with Crippen molar-refractivity contribution in [1.82, 2.24) is 9.29 Å². The molecule has 0 atom stereocenters.